The van der Waals surface area contributed by atoms with E-state index in [1.807, 2.05) is 31.2 Å². The lowest BCUT2D eigenvalue weighted by molar-refractivity contribution is 0.317. The van der Waals surface area contributed by atoms with Gasteiger partial charge in [-0.2, -0.15) is 0 Å². The van der Waals surface area contributed by atoms with Crippen molar-refractivity contribution in [3.63, 3.8) is 0 Å². The van der Waals surface area contributed by atoms with Crippen molar-refractivity contribution in [3.05, 3.63) is 81.4 Å². The molecule has 4 heteroatoms. The van der Waals surface area contributed by atoms with E-state index in [9.17, 15) is 15.3 Å². The second-order valence-electron chi connectivity index (χ2n) is 12.2. The second-order valence-corrected chi connectivity index (χ2v) is 12.2. The van der Waals surface area contributed by atoms with Crippen molar-refractivity contribution in [1.82, 2.24) is 0 Å². The zero-order valence-electron chi connectivity index (χ0n) is 25.2. The predicted molar refractivity (Wildman–Crippen MR) is 167 cm³/mol. The fraction of sp³-hybridized carbons (Fsp3) is 0.514. The normalized spacial score (nSPS) is 16.8. The number of aryl methyl sites for hydroxylation is 2. The Morgan fingerprint density at radius 3 is 1.56 bits per heavy atom. The maximum Gasteiger partial charge on any atom is 0.161 e. The Morgan fingerprint density at radius 1 is 0.634 bits per heavy atom. The van der Waals surface area contributed by atoms with Crippen molar-refractivity contribution >= 4 is 0 Å². The number of phenols is 3. The summed E-state index contributed by atoms with van der Waals surface area (Å²) in [7, 11) is 0. The molecule has 220 valence electrons. The summed E-state index contributed by atoms with van der Waals surface area (Å²) in [5.41, 5.74) is 7.85. The number of phenolic OH excluding ortho intramolecular Hbond substituents is 3. The molecule has 0 bridgehead atoms. The lowest BCUT2D eigenvalue weighted by Crippen LogP contribution is -2.13. The number of rotatable bonds is 9. The minimum atomic E-state index is -0.120. The van der Waals surface area contributed by atoms with Gasteiger partial charge in [0.25, 0.3) is 0 Å². The van der Waals surface area contributed by atoms with Crippen LogP contribution in [-0.2, 0) is 12.8 Å². The van der Waals surface area contributed by atoms with Gasteiger partial charge in [0.05, 0.1) is 6.61 Å². The first-order valence-electron chi connectivity index (χ1n) is 16.1. The predicted octanol–water partition coefficient (Wildman–Crippen LogP) is 9.60. The van der Waals surface area contributed by atoms with Crippen molar-refractivity contribution in [3.8, 4) is 23.0 Å². The highest BCUT2D eigenvalue weighted by Gasteiger charge is 2.29. The number of hydrogen-bond donors (Lipinski definition) is 3. The molecule has 0 spiro atoms. The number of aromatic hydroxyl groups is 3. The molecule has 3 aromatic rings. The maximum atomic E-state index is 11.2. The lowest BCUT2D eigenvalue weighted by Gasteiger charge is -2.30. The first-order chi connectivity index (χ1) is 19.9. The molecule has 2 aliphatic carbocycles. The van der Waals surface area contributed by atoms with Gasteiger partial charge in [0.15, 0.2) is 11.5 Å². The average Bonchev–Trinajstić information content (AvgIpc) is 3.00. The summed E-state index contributed by atoms with van der Waals surface area (Å²) in [6.07, 6.45) is 13.4. The highest BCUT2D eigenvalue weighted by atomic mass is 16.5. The largest absolute Gasteiger partial charge is 0.508 e. The Labute approximate surface area is 246 Å². The molecule has 2 fully saturated rings. The highest BCUT2D eigenvalue weighted by molar-refractivity contribution is 5.58. The quantitative estimate of drug-likeness (QED) is 0.230. The first kappa shape index (κ1) is 29.4. The molecule has 0 heterocycles. The monoisotopic (exact) mass is 556 g/mol. The Bertz CT molecular complexity index is 1260. The van der Waals surface area contributed by atoms with Crippen LogP contribution in [0, 0.1) is 0 Å². The van der Waals surface area contributed by atoms with Gasteiger partial charge in [-0.1, -0.05) is 70.6 Å². The molecule has 0 aromatic heterocycles. The van der Waals surface area contributed by atoms with Crippen LogP contribution in [-0.4, -0.2) is 21.9 Å². The van der Waals surface area contributed by atoms with Gasteiger partial charge in [-0.15, -0.1) is 0 Å². The fourth-order valence-electron chi connectivity index (χ4n) is 7.47. The van der Waals surface area contributed by atoms with Gasteiger partial charge in [0.1, 0.15) is 11.5 Å². The molecule has 0 amide bonds. The molecule has 0 aliphatic heterocycles. The van der Waals surface area contributed by atoms with Crippen molar-refractivity contribution < 1.29 is 20.1 Å². The summed E-state index contributed by atoms with van der Waals surface area (Å²) in [4.78, 5) is 0. The summed E-state index contributed by atoms with van der Waals surface area (Å²) in [5, 5.41) is 33.1. The first-order valence-corrected chi connectivity index (χ1v) is 16.1. The van der Waals surface area contributed by atoms with Crippen LogP contribution in [0.15, 0.2) is 42.5 Å². The van der Waals surface area contributed by atoms with Gasteiger partial charge in [-0.05, 0) is 120 Å². The van der Waals surface area contributed by atoms with Crippen LogP contribution in [0.1, 0.15) is 142 Å². The second kappa shape index (κ2) is 13.2. The third kappa shape index (κ3) is 6.22. The molecular formula is C37H48O4. The number of ether oxygens (including phenoxy) is 1. The van der Waals surface area contributed by atoms with Crippen LogP contribution in [0.5, 0.6) is 23.0 Å². The standard InChI is InChI=1S/C37H48O4/c1-4-24-19-34(39)29(26-13-9-7-10-14-26)22-31(24)37(28-17-18-33(38)36(21-28)41-6-3)32-23-30(27-15-11-8-12-16-27)35(40)20-25(32)5-2/h17-23,26-27,37-40H,4-16H2,1-3H3. The van der Waals surface area contributed by atoms with Crippen LogP contribution in [0.25, 0.3) is 0 Å². The number of hydrogen-bond acceptors (Lipinski definition) is 4. The maximum absolute atomic E-state index is 11.2. The molecule has 2 aliphatic rings. The summed E-state index contributed by atoms with van der Waals surface area (Å²) in [6.45, 7) is 6.71. The van der Waals surface area contributed by atoms with Crippen molar-refractivity contribution in [2.75, 3.05) is 6.61 Å². The smallest absolute Gasteiger partial charge is 0.161 e. The van der Waals surface area contributed by atoms with Crippen LogP contribution >= 0.6 is 0 Å². The summed E-state index contributed by atoms with van der Waals surface area (Å²) < 4.78 is 5.86. The van der Waals surface area contributed by atoms with E-state index in [1.54, 1.807) is 6.07 Å². The van der Waals surface area contributed by atoms with E-state index >= 15 is 0 Å². The molecule has 3 N–H and O–H groups in total. The van der Waals surface area contributed by atoms with E-state index in [0.717, 1.165) is 66.3 Å². The van der Waals surface area contributed by atoms with E-state index < -0.39 is 0 Å². The molecule has 5 rings (SSSR count). The van der Waals surface area contributed by atoms with Crippen molar-refractivity contribution in [2.24, 2.45) is 0 Å². The lowest BCUT2D eigenvalue weighted by atomic mass is 9.75. The Hall–Kier alpha value is -3.14. The molecular weight excluding hydrogens is 508 g/mol. The fourth-order valence-corrected chi connectivity index (χ4v) is 7.47. The van der Waals surface area contributed by atoms with E-state index in [0.29, 0.717) is 35.7 Å². The summed E-state index contributed by atoms with van der Waals surface area (Å²) in [5.74, 6) is 2.09. The van der Waals surface area contributed by atoms with Gasteiger partial charge in [0, 0.05) is 5.92 Å². The van der Waals surface area contributed by atoms with Crippen molar-refractivity contribution in [1.29, 1.82) is 0 Å². The van der Waals surface area contributed by atoms with Gasteiger partial charge < -0.3 is 20.1 Å². The average molecular weight is 557 g/mol. The zero-order chi connectivity index (χ0) is 28.9. The molecule has 0 saturated heterocycles. The molecule has 0 radical (unpaired) electrons. The zero-order valence-corrected chi connectivity index (χ0v) is 25.2. The minimum absolute atomic E-state index is 0.120. The number of benzene rings is 3. The van der Waals surface area contributed by atoms with Crippen LogP contribution in [0.2, 0.25) is 0 Å². The topological polar surface area (TPSA) is 69.9 Å². The van der Waals surface area contributed by atoms with E-state index in [1.165, 1.54) is 49.7 Å². The van der Waals surface area contributed by atoms with E-state index in [2.05, 4.69) is 26.0 Å². The van der Waals surface area contributed by atoms with E-state index in [-0.39, 0.29) is 11.7 Å². The van der Waals surface area contributed by atoms with Gasteiger partial charge in [-0.25, -0.2) is 0 Å². The third-order valence-electron chi connectivity index (χ3n) is 9.67. The molecule has 0 atom stereocenters. The SMILES string of the molecule is CCOc1cc(C(c2cc(C3CCCCC3)c(O)cc2CC)c2cc(C3CCCCC3)c(O)cc2CC)ccc1O. The Morgan fingerprint density at radius 2 is 1.12 bits per heavy atom. The van der Waals surface area contributed by atoms with Crippen LogP contribution in [0.3, 0.4) is 0 Å². The minimum Gasteiger partial charge on any atom is -0.508 e. The van der Waals surface area contributed by atoms with Gasteiger partial charge >= 0.3 is 0 Å². The summed E-state index contributed by atoms with van der Waals surface area (Å²) >= 11 is 0. The Kier molecular flexibility index (Phi) is 9.47. The summed E-state index contributed by atoms with van der Waals surface area (Å²) in [6, 6.07) is 14.3. The molecule has 2 saturated carbocycles. The molecule has 4 nitrogen and oxygen atoms in total. The molecule has 3 aromatic carbocycles. The third-order valence-corrected chi connectivity index (χ3v) is 9.67. The van der Waals surface area contributed by atoms with Gasteiger partial charge in [0.2, 0.25) is 0 Å². The van der Waals surface area contributed by atoms with Crippen molar-refractivity contribution in [2.45, 2.75) is 116 Å². The van der Waals surface area contributed by atoms with E-state index in [4.69, 9.17) is 4.74 Å². The molecule has 41 heavy (non-hydrogen) atoms. The van der Waals surface area contributed by atoms with Crippen LogP contribution in [0.4, 0.5) is 0 Å². The molecule has 0 unspecified atom stereocenters. The van der Waals surface area contributed by atoms with Crippen LogP contribution < -0.4 is 4.74 Å². The Balaban J connectivity index is 1.75. The van der Waals surface area contributed by atoms with Gasteiger partial charge in [-0.3, -0.25) is 0 Å². The highest BCUT2D eigenvalue weighted by Crippen LogP contribution is 2.47.